The Morgan fingerprint density at radius 1 is 0.467 bits per heavy atom. The summed E-state index contributed by atoms with van der Waals surface area (Å²) in [6, 6.07) is 57.9. The van der Waals surface area contributed by atoms with E-state index in [0.29, 0.717) is 0 Å². The monoisotopic (exact) mass is 920 g/mol. The molecule has 0 heterocycles. The normalized spacial score (nSPS) is 11.1. The van der Waals surface area contributed by atoms with Crippen molar-refractivity contribution in [2.45, 2.75) is 92.2 Å². The van der Waals surface area contributed by atoms with Crippen LogP contribution in [0.25, 0.3) is 66.1 Å². The van der Waals surface area contributed by atoms with Gasteiger partial charge in [0.1, 0.15) is 0 Å². The molecule has 0 atom stereocenters. The van der Waals surface area contributed by atoms with Crippen LogP contribution in [0.3, 0.4) is 0 Å². The molecule has 8 aromatic rings. The first kappa shape index (κ1) is 47.3. The van der Waals surface area contributed by atoms with E-state index in [1.807, 2.05) is 0 Å². The molecule has 2 radical (unpaired) electrons. The van der Waals surface area contributed by atoms with Gasteiger partial charge in [-0.25, -0.2) is 0 Å². The van der Waals surface area contributed by atoms with Gasteiger partial charge in [-0.3, -0.25) is 0 Å². The summed E-state index contributed by atoms with van der Waals surface area (Å²) in [6.45, 7) is 22.5. The van der Waals surface area contributed by atoms with Gasteiger partial charge in [0.2, 0.25) is 0 Å². The van der Waals surface area contributed by atoms with Crippen molar-refractivity contribution in [2.24, 2.45) is 0 Å². The number of halogens is 2. The summed E-state index contributed by atoms with van der Waals surface area (Å²) in [6.07, 6.45) is 2.07. The van der Waals surface area contributed by atoms with E-state index in [-0.39, 0.29) is 10.8 Å². The predicted octanol–water partition coefficient (Wildman–Crippen LogP) is 17.7. The van der Waals surface area contributed by atoms with Gasteiger partial charge in [0.25, 0.3) is 0 Å². The second-order valence-corrected chi connectivity index (χ2v) is 22.0. The molecule has 306 valence electrons. The number of hydrogen-bond donors (Lipinski definition) is 0. The minimum atomic E-state index is -0.826. The second kappa shape index (κ2) is 21.8. The van der Waals surface area contributed by atoms with Crippen molar-refractivity contribution in [1.29, 1.82) is 0 Å². The van der Waals surface area contributed by atoms with E-state index in [4.69, 9.17) is 17.0 Å². The maximum atomic E-state index is 4.93. The molecule has 0 aliphatic heterocycles. The third-order valence-corrected chi connectivity index (χ3v) is 11.0. The van der Waals surface area contributed by atoms with Gasteiger partial charge in [-0.15, -0.1) is 56.9 Å². The van der Waals surface area contributed by atoms with Gasteiger partial charge >= 0.3 is 37.9 Å². The number of fused-ring (bicyclic) bond motifs is 2. The fraction of sp³-hybridized carbons (Fsp3) is 0.250. The standard InChI is InChI=1S/2C27H27.C2H6Si.2ClH.Zr/c2*1-5-19-11-9-10-14-23(19)26-24(20-12-7-6-8-13-20)16-15-21-17-22(18-25(21)26)27(2,3)4;1-3-2;;;/h2*6-18H,5H2,1-4H3;1-2H3;2*1H;/q2*-1;;;;+4/p-2. The van der Waals surface area contributed by atoms with Gasteiger partial charge in [0, 0.05) is 9.52 Å². The molecule has 0 saturated carbocycles. The summed E-state index contributed by atoms with van der Waals surface area (Å²) in [4.78, 5) is 0. The van der Waals surface area contributed by atoms with Crippen LogP contribution in [0.5, 0.6) is 0 Å². The average molecular weight is 923 g/mol. The molecule has 0 aromatic heterocycles. The average Bonchev–Trinajstić information content (AvgIpc) is 3.91. The molecule has 8 rings (SSSR count). The number of rotatable bonds is 6. The van der Waals surface area contributed by atoms with Crippen LogP contribution in [0, 0.1) is 0 Å². The van der Waals surface area contributed by atoms with Crippen LogP contribution in [0.2, 0.25) is 13.1 Å². The van der Waals surface area contributed by atoms with Crippen molar-refractivity contribution in [2.75, 3.05) is 0 Å². The third-order valence-electron chi connectivity index (χ3n) is 11.0. The molecule has 0 fully saturated rings. The maximum absolute atomic E-state index is 4.93. The van der Waals surface area contributed by atoms with Gasteiger partial charge in [-0.2, -0.15) is 12.1 Å². The van der Waals surface area contributed by atoms with Crippen molar-refractivity contribution in [3.63, 3.8) is 0 Å². The van der Waals surface area contributed by atoms with E-state index in [1.165, 1.54) is 88.3 Å². The first-order chi connectivity index (χ1) is 28.8. The fourth-order valence-electron chi connectivity index (χ4n) is 7.87. The summed E-state index contributed by atoms with van der Waals surface area (Å²) in [5.74, 6) is 0. The molecule has 0 bridgehead atoms. The molecule has 60 heavy (non-hydrogen) atoms. The molecule has 4 heteroatoms. The number of benzene rings is 6. The molecule has 0 aliphatic carbocycles. The van der Waals surface area contributed by atoms with Crippen LogP contribution in [0.1, 0.15) is 77.6 Å². The van der Waals surface area contributed by atoms with Crippen molar-refractivity contribution >= 4 is 48.1 Å². The fourth-order valence-corrected chi connectivity index (χ4v) is 7.87. The summed E-state index contributed by atoms with van der Waals surface area (Å²) in [5, 5.41) is 5.39. The number of hydrogen-bond acceptors (Lipinski definition) is 0. The molecule has 0 amide bonds. The molecule has 0 unspecified atom stereocenters. The third kappa shape index (κ3) is 11.4. The zero-order valence-corrected chi connectivity index (χ0v) is 42.2. The Morgan fingerprint density at radius 3 is 1.10 bits per heavy atom. The van der Waals surface area contributed by atoms with E-state index in [1.54, 1.807) is 0 Å². The molecule has 0 N–H and O–H groups in total. The van der Waals surface area contributed by atoms with Gasteiger partial charge < -0.3 is 0 Å². The van der Waals surface area contributed by atoms with E-state index in [9.17, 15) is 0 Å². The van der Waals surface area contributed by atoms with Crippen molar-refractivity contribution < 1.29 is 20.8 Å². The van der Waals surface area contributed by atoms with Crippen LogP contribution < -0.4 is 0 Å². The number of aryl methyl sites for hydroxylation is 2. The Morgan fingerprint density at radius 2 is 0.783 bits per heavy atom. The molecular weight excluding hydrogens is 863 g/mol. The second-order valence-electron chi connectivity index (χ2n) is 17.3. The first-order valence-electron chi connectivity index (χ1n) is 21.1. The Kier molecular flexibility index (Phi) is 17.2. The van der Waals surface area contributed by atoms with Gasteiger partial charge in [0.15, 0.2) is 0 Å². The summed E-state index contributed by atoms with van der Waals surface area (Å²) >= 11 is -0.826. The summed E-state index contributed by atoms with van der Waals surface area (Å²) in [5.41, 5.74) is 16.5. The topological polar surface area (TPSA) is 0 Å². The van der Waals surface area contributed by atoms with Gasteiger partial charge in [-0.1, -0.05) is 201 Å². The molecule has 0 nitrogen and oxygen atoms in total. The zero-order chi connectivity index (χ0) is 43.5. The van der Waals surface area contributed by atoms with Crippen LogP contribution in [-0.4, -0.2) is 9.52 Å². The first-order valence-corrected chi connectivity index (χ1v) is 29.4. The molecular formula is C56H60Cl2SiZr. The molecule has 0 aliphatic rings. The summed E-state index contributed by atoms with van der Waals surface area (Å²) < 4.78 is 0. The Balaban J connectivity index is 0.000000201. The molecule has 0 saturated heterocycles. The van der Waals surface area contributed by atoms with E-state index in [0.717, 1.165) is 22.4 Å². The van der Waals surface area contributed by atoms with Gasteiger partial charge in [0.05, 0.1) is 0 Å². The molecule has 0 spiro atoms. The van der Waals surface area contributed by atoms with E-state index in [2.05, 4.69) is 226 Å². The quantitative estimate of drug-likeness (QED) is 0.115. The van der Waals surface area contributed by atoms with E-state index < -0.39 is 20.8 Å². The van der Waals surface area contributed by atoms with Crippen LogP contribution >= 0.6 is 17.0 Å². The van der Waals surface area contributed by atoms with Crippen LogP contribution in [0.15, 0.2) is 158 Å². The Bertz CT molecular complexity index is 2380. The predicted molar refractivity (Wildman–Crippen MR) is 266 cm³/mol. The van der Waals surface area contributed by atoms with Crippen molar-refractivity contribution in [3.8, 4) is 44.5 Å². The zero-order valence-electron chi connectivity index (χ0n) is 37.2. The van der Waals surface area contributed by atoms with Crippen LogP contribution in [-0.2, 0) is 44.5 Å². The van der Waals surface area contributed by atoms with Crippen LogP contribution in [0.4, 0.5) is 0 Å². The minimum absolute atomic E-state index is 0.146. The van der Waals surface area contributed by atoms with E-state index >= 15 is 0 Å². The SMILES string of the molecule is CCc1ccccc1-c1c(-c2ccccc2)ccc2[cH-]c(C(C)(C)C)cc12.CCc1ccccc1-c1c(-c2ccccc2)ccc2[cH-]c(C(C)(C)C)cc12.C[Si]C.[Cl][Zr+2][Cl]. The Labute approximate surface area is 382 Å². The molecule has 8 aromatic carbocycles. The van der Waals surface area contributed by atoms with Gasteiger partial charge in [-0.05, 0) is 68.2 Å². The van der Waals surface area contributed by atoms with Crippen molar-refractivity contribution in [1.82, 2.24) is 0 Å². The van der Waals surface area contributed by atoms with Crippen molar-refractivity contribution in [3.05, 3.63) is 180 Å². The summed E-state index contributed by atoms with van der Waals surface area (Å²) in [7, 11) is 11.0. The Hall–Kier alpha value is -3.78.